The SMILES string of the molecule is CCC(C)(CC(C)C)C(=O)OC1CCC(O)CC1. The Morgan fingerprint density at radius 1 is 1.33 bits per heavy atom. The van der Waals surface area contributed by atoms with E-state index in [4.69, 9.17) is 4.74 Å². The Bertz CT molecular complexity index is 267. The molecule has 0 saturated heterocycles. The Morgan fingerprint density at radius 3 is 2.33 bits per heavy atom. The highest BCUT2D eigenvalue weighted by Gasteiger charge is 2.35. The molecule has 0 aliphatic heterocycles. The summed E-state index contributed by atoms with van der Waals surface area (Å²) < 4.78 is 5.65. The normalized spacial score (nSPS) is 27.9. The van der Waals surface area contributed by atoms with Crippen LogP contribution in [0.2, 0.25) is 0 Å². The maximum absolute atomic E-state index is 12.3. The predicted octanol–water partition coefficient (Wildman–Crippen LogP) is 3.30. The summed E-state index contributed by atoms with van der Waals surface area (Å²) in [6, 6.07) is 0. The number of hydrogen-bond acceptors (Lipinski definition) is 3. The molecule has 1 saturated carbocycles. The van der Waals surface area contributed by atoms with Crippen molar-refractivity contribution in [1.82, 2.24) is 0 Å². The number of rotatable bonds is 5. The van der Waals surface area contributed by atoms with Crippen LogP contribution in [0.3, 0.4) is 0 Å². The van der Waals surface area contributed by atoms with E-state index in [1.807, 2.05) is 13.8 Å². The predicted molar refractivity (Wildman–Crippen MR) is 72.2 cm³/mol. The van der Waals surface area contributed by atoms with Crippen LogP contribution >= 0.6 is 0 Å². The van der Waals surface area contributed by atoms with Crippen molar-refractivity contribution in [2.45, 2.75) is 78.4 Å². The van der Waals surface area contributed by atoms with E-state index in [2.05, 4.69) is 13.8 Å². The Kier molecular flexibility index (Phi) is 5.64. The van der Waals surface area contributed by atoms with Crippen LogP contribution in [-0.4, -0.2) is 23.3 Å². The van der Waals surface area contributed by atoms with Crippen LogP contribution in [0.1, 0.15) is 66.2 Å². The lowest BCUT2D eigenvalue weighted by Crippen LogP contribution is -2.35. The molecule has 1 rings (SSSR count). The third kappa shape index (κ3) is 4.27. The molecule has 0 bridgehead atoms. The third-order valence-electron chi connectivity index (χ3n) is 4.05. The van der Waals surface area contributed by atoms with Crippen LogP contribution < -0.4 is 0 Å². The molecule has 1 fully saturated rings. The molecule has 0 amide bonds. The third-order valence-corrected chi connectivity index (χ3v) is 4.05. The van der Waals surface area contributed by atoms with Gasteiger partial charge < -0.3 is 9.84 Å². The first kappa shape index (κ1) is 15.5. The van der Waals surface area contributed by atoms with Crippen LogP contribution in [0.4, 0.5) is 0 Å². The van der Waals surface area contributed by atoms with E-state index in [0.717, 1.165) is 38.5 Å². The fourth-order valence-corrected chi connectivity index (χ4v) is 2.73. The minimum absolute atomic E-state index is 0.0129. The quantitative estimate of drug-likeness (QED) is 0.768. The molecule has 1 atom stereocenters. The second-order valence-electron chi connectivity index (χ2n) is 6.35. The van der Waals surface area contributed by atoms with Gasteiger partial charge in [-0.3, -0.25) is 4.79 Å². The second kappa shape index (κ2) is 6.55. The zero-order valence-corrected chi connectivity index (χ0v) is 12.2. The molecule has 0 spiro atoms. The van der Waals surface area contributed by atoms with Crippen LogP contribution in [0.5, 0.6) is 0 Å². The molecule has 1 N–H and O–H groups in total. The van der Waals surface area contributed by atoms with Crippen molar-refractivity contribution in [3.63, 3.8) is 0 Å². The molecular formula is C15H28O3. The van der Waals surface area contributed by atoms with Gasteiger partial charge in [0.1, 0.15) is 6.10 Å². The maximum Gasteiger partial charge on any atom is 0.312 e. The summed E-state index contributed by atoms with van der Waals surface area (Å²) in [6.07, 6.45) is 4.61. The molecule has 1 aliphatic rings. The number of esters is 1. The molecule has 0 aromatic carbocycles. The van der Waals surface area contributed by atoms with Gasteiger partial charge in [-0.1, -0.05) is 20.8 Å². The first-order valence-electron chi connectivity index (χ1n) is 7.26. The van der Waals surface area contributed by atoms with Crippen LogP contribution in [-0.2, 0) is 9.53 Å². The van der Waals surface area contributed by atoms with Gasteiger partial charge in [-0.15, -0.1) is 0 Å². The number of carbonyl (C=O) groups excluding carboxylic acids is 1. The molecule has 0 aromatic heterocycles. The summed E-state index contributed by atoms with van der Waals surface area (Å²) in [5, 5.41) is 9.45. The van der Waals surface area contributed by atoms with Crippen molar-refractivity contribution >= 4 is 5.97 Å². The van der Waals surface area contributed by atoms with Crippen molar-refractivity contribution in [3.05, 3.63) is 0 Å². The van der Waals surface area contributed by atoms with Crippen molar-refractivity contribution in [2.75, 3.05) is 0 Å². The molecule has 0 radical (unpaired) electrons. The second-order valence-corrected chi connectivity index (χ2v) is 6.35. The molecule has 0 heterocycles. The van der Waals surface area contributed by atoms with E-state index in [9.17, 15) is 9.90 Å². The van der Waals surface area contributed by atoms with Gasteiger partial charge in [0.2, 0.25) is 0 Å². The zero-order valence-electron chi connectivity index (χ0n) is 12.2. The zero-order chi connectivity index (χ0) is 13.8. The summed E-state index contributed by atoms with van der Waals surface area (Å²) >= 11 is 0. The summed E-state index contributed by atoms with van der Waals surface area (Å²) in [7, 11) is 0. The van der Waals surface area contributed by atoms with Crippen LogP contribution in [0, 0.1) is 11.3 Å². The summed E-state index contributed by atoms with van der Waals surface area (Å²) in [6.45, 7) is 8.33. The fourth-order valence-electron chi connectivity index (χ4n) is 2.73. The van der Waals surface area contributed by atoms with Crippen molar-refractivity contribution in [1.29, 1.82) is 0 Å². The molecule has 0 aromatic rings. The molecular weight excluding hydrogens is 228 g/mol. The highest BCUT2D eigenvalue weighted by atomic mass is 16.5. The Hall–Kier alpha value is -0.570. The number of aliphatic hydroxyl groups excluding tert-OH is 1. The van der Waals surface area contributed by atoms with Crippen molar-refractivity contribution < 1.29 is 14.6 Å². The minimum atomic E-state index is -0.357. The smallest absolute Gasteiger partial charge is 0.312 e. The number of hydrogen-bond donors (Lipinski definition) is 1. The van der Waals surface area contributed by atoms with Gasteiger partial charge in [0, 0.05) is 0 Å². The van der Waals surface area contributed by atoms with Gasteiger partial charge in [-0.05, 0) is 51.4 Å². The average Bonchev–Trinajstić information content (AvgIpc) is 2.31. The lowest BCUT2D eigenvalue weighted by Gasteiger charge is -2.32. The van der Waals surface area contributed by atoms with Crippen LogP contribution in [0.25, 0.3) is 0 Å². The Labute approximate surface area is 111 Å². The number of aliphatic hydroxyl groups is 1. The lowest BCUT2D eigenvalue weighted by atomic mass is 9.79. The number of ether oxygens (including phenoxy) is 1. The highest BCUT2D eigenvalue weighted by molar-refractivity contribution is 5.76. The average molecular weight is 256 g/mol. The van der Waals surface area contributed by atoms with Gasteiger partial charge in [0.05, 0.1) is 11.5 Å². The summed E-state index contributed by atoms with van der Waals surface area (Å²) in [4.78, 5) is 12.3. The van der Waals surface area contributed by atoms with E-state index in [1.165, 1.54) is 0 Å². The van der Waals surface area contributed by atoms with Crippen LogP contribution in [0.15, 0.2) is 0 Å². The molecule has 1 unspecified atom stereocenters. The van der Waals surface area contributed by atoms with Crippen molar-refractivity contribution in [3.8, 4) is 0 Å². The Morgan fingerprint density at radius 2 is 1.89 bits per heavy atom. The van der Waals surface area contributed by atoms with E-state index < -0.39 is 0 Å². The molecule has 3 nitrogen and oxygen atoms in total. The Balaban J connectivity index is 2.52. The van der Waals surface area contributed by atoms with E-state index in [0.29, 0.717) is 5.92 Å². The van der Waals surface area contributed by atoms with E-state index >= 15 is 0 Å². The standard InChI is InChI=1S/C15H28O3/c1-5-15(4,10-11(2)3)14(17)18-13-8-6-12(16)7-9-13/h11-13,16H,5-10H2,1-4H3. The highest BCUT2D eigenvalue weighted by Crippen LogP contribution is 2.33. The molecule has 3 heteroatoms. The van der Waals surface area contributed by atoms with E-state index in [1.54, 1.807) is 0 Å². The van der Waals surface area contributed by atoms with E-state index in [-0.39, 0.29) is 23.6 Å². The number of carbonyl (C=O) groups is 1. The topological polar surface area (TPSA) is 46.5 Å². The lowest BCUT2D eigenvalue weighted by molar-refractivity contribution is -0.164. The summed E-state index contributed by atoms with van der Waals surface area (Å²) in [5.74, 6) is 0.441. The maximum atomic E-state index is 12.3. The minimum Gasteiger partial charge on any atom is -0.462 e. The van der Waals surface area contributed by atoms with Gasteiger partial charge in [0.25, 0.3) is 0 Å². The monoisotopic (exact) mass is 256 g/mol. The fraction of sp³-hybridized carbons (Fsp3) is 0.933. The largest absolute Gasteiger partial charge is 0.462 e. The first-order chi connectivity index (χ1) is 8.37. The van der Waals surface area contributed by atoms with Crippen molar-refractivity contribution in [2.24, 2.45) is 11.3 Å². The molecule has 18 heavy (non-hydrogen) atoms. The summed E-state index contributed by atoms with van der Waals surface area (Å²) in [5.41, 5.74) is -0.357. The molecule has 1 aliphatic carbocycles. The van der Waals surface area contributed by atoms with Gasteiger partial charge >= 0.3 is 5.97 Å². The van der Waals surface area contributed by atoms with Gasteiger partial charge in [-0.2, -0.15) is 0 Å². The first-order valence-corrected chi connectivity index (χ1v) is 7.26. The van der Waals surface area contributed by atoms with Gasteiger partial charge in [0.15, 0.2) is 0 Å². The van der Waals surface area contributed by atoms with Gasteiger partial charge in [-0.25, -0.2) is 0 Å². The molecule has 106 valence electrons.